The highest BCUT2D eigenvalue weighted by Crippen LogP contribution is 2.48. The molecule has 12 nitrogen and oxygen atoms in total. The summed E-state index contributed by atoms with van der Waals surface area (Å²) in [6, 6.07) is 3.46. The van der Waals surface area contributed by atoms with Gasteiger partial charge in [0.25, 0.3) is 0 Å². The first-order valence-electron chi connectivity index (χ1n) is 9.95. The molecule has 2 aromatic heterocycles. The van der Waals surface area contributed by atoms with Crippen LogP contribution in [0.1, 0.15) is 34.1 Å². The number of nitrogens with zero attached hydrogens (tertiary/aromatic N) is 6. The number of nitrogens with two attached hydrogens (primary N) is 1. The molecule has 0 aliphatic carbocycles. The van der Waals surface area contributed by atoms with Gasteiger partial charge in [0.15, 0.2) is 17.1 Å². The molecule has 172 valence electrons. The van der Waals surface area contributed by atoms with Crippen LogP contribution in [0.3, 0.4) is 0 Å². The molecule has 2 heterocycles. The normalized spacial score (nSPS) is 14.5. The van der Waals surface area contributed by atoms with Crippen molar-refractivity contribution in [2.24, 2.45) is 0 Å². The van der Waals surface area contributed by atoms with Gasteiger partial charge in [0, 0.05) is 0 Å². The van der Waals surface area contributed by atoms with Gasteiger partial charge < -0.3 is 24.3 Å². The lowest BCUT2D eigenvalue weighted by Crippen LogP contribution is -2.48. The predicted octanol–water partition coefficient (Wildman–Crippen LogP) is 1.79. The summed E-state index contributed by atoms with van der Waals surface area (Å²) >= 11 is 0. The fourth-order valence-corrected chi connectivity index (χ4v) is 5.11. The van der Waals surface area contributed by atoms with Crippen LogP contribution in [0.4, 0.5) is 5.82 Å². The number of hydrogen-bond acceptors (Lipinski definition) is 10. The number of nitrogen functional groups attached to an aromatic ring is 1. The van der Waals surface area contributed by atoms with Gasteiger partial charge in [-0.25, -0.2) is 20.0 Å². The molecule has 0 bridgehead atoms. The summed E-state index contributed by atoms with van der Waals surface area (Å²) in [5.74, 6) is -0.386. The van der Waals surface area contributed by atoms with Crippen LogP contribution in [0, 0.1) is 22.7 Å². The average Bonchev–Trinajstić information content (AvgIpc) is 3.15. The number of carbonyl (C=O) groups excluding carboxylic acids is 1. The molecular formula is C19H27N8O4P. The third-order valence-electron chi connectivity index (χ3n) is 4.51. The summed E-state index contributed by atoms with van der Waals surface area (Å²) in [6.45, 7) is 7.03. The summed E-state index contributed by atoms with van der Waals surface area (Å²) in [6.07, 6.45) is 2.55. The predicted molar refractivity (Wildman–Crippen MR) is 116 cm³/mol. The molecule has 2 atom stereocenters. The molecule has 0 aliphatic heterocycles. The standard InChI is InChI=1S/C19H27N8O4P/c1-5-6-30-18(28)19(3,4)26-32(29,14(7-20)8-21)12-31-13(2)9-27-11-25-15-16(22)23-10-24-17(15)27/h10-11,13-14H,5-6,9,12H2,1-4H3,(H,26,29)(H2,22,23,24)/t13-,32-/m0/s1. The maximum atomic E-state index is 13.6. The first-order chi connectivity index (χ1) is 15.1. The zero-order valence-corrected chi connectivity index (χ0v) is 19.4. The van der Waals surface area contributed by atoms with E-state index in [1.165, 1.54) is 26.5 Å². The van der Waals surface area contributed by atoms with Crippen LogP contribution in [0.2, 0.25) is 0 Å². The van der Waals surface area contributed by atoms with E-state index in [9.17, 15) is 19.9 Å². The van der Waals surface area contributed by atoms with Crippen LogP contribution in [-0.2, 0) is 25.4 Å². The zero-order chi connectivity index (χ0) is 23.9. The smallest absolute Gasteiger partial charge is 0.326 e. The van der Waals surface area contributed by atoms with E-state index in [4.69, 9.17) is 15.2 Å². The number of imidazole rings is 1. The number of carbonyl (C=O) groups is 1. The highest BCUT2D eigenvalue weighted by atomic mass is 31.2. The van der Waals surface area contributed by atoms with E-state index in [2.05, 4.69) is 20.0 Å². The second kappa shape index (κ2) is 10.5. The van der Waals surface area contributed by atoms with Gasteiger partial charge in [-0.2, -0.15) is 10.5 Å². The molecule has 0 aliphatic rings. The maximum absolute atomic E-state index is 13.6. The summed E-state index contributed by atoms with van der Waals surface area (Å²) in [7, 11) is -3.80. The maximum Gasteiger partial charge on any atom is 0.326 e. The Balaban J connectivity index is 2.15. The molecular weight excluding hydrogens is 435 g/mol. The van der Waals surface area contributed by atoms with Crippen molar-refractivity contribution >= 4 is 30.2 Å². The van der Waals surface area contributed by atoms with Crippen molar-refractivity contribution in [2.75, 3.05) is 18.7 Å². The van der Waals surface area contributed by atoms with Gasteiger partial charge in [0.2, 0.25) is 7.29 Å². The molecule has 0 saturated heterocycles. The van der Waals surface area contributed by atoms with Gasteiger partial charge in [-0.15, -0.1) is 0 Å². The monoisotopic (exact) mass is 462 g/mol. The Labute approximate surface area is 186 Å². The van der Waals surface area contributed by atoms with Crippen molar-refractivity contribution in [2.45, 2.75) is 58.0 Å². The van der Waals surface area contributed by atoms with Crippen molar-refractivity contribution in [1.29, 1.82) is 10.5 Å². The van der Waals surface area contributed by atoms with Gasteiger partial charge in [0.1, 0.15) is 23.7 Å². The zero-order valence-electron chi connectivity index (χ0n) is 18.5. The number of nitriles is 2. The van der Waals surface area contributed by atoms with E-state index in [1.807, 2.05) is 6.92 Å². The molecule has 2 aromatic rings. The number of aromatic nitrogens is 4. The van der Waals surface area contributed by atoms with Crippen molar-refractivity contribution in [3.63, 3.8) is 0 Å². The van der Waals surface area contributed by atoms with Crippen LogP contribution in [-0.4, -0.2) is 55.7 Å². The number of anilines is 1. The number of ether oxygens (including phenoxy) is 2. The van der Waals surface area contributed by atoms with E-state index in [0.29, 0.717) is 24.1 Å². The van der Waals surface area contributed by atoms with Crippen LogP contribution in [0.25, 0.3) is 11.2 Å². The topological polar surface area (TPSA) is 182 Å². The minimum absolute atomic E-state index is 0.203. The van der Waals surface area contributed by atoms with E-state index < -0.39 is 36.9 Å². The van der Waals surface area contributed by atoms with Crippen molar-refractivity contribution in [3.05, 3.63) is 12.7 Å². The molecule has 0 aromatic carbocycles. The van der Waals surface area contributed by atoms with E-state index in [-0.39, 0.29) is 12.4 Å². The molecule has 0 saturated carbocycles. The van der Waals surface area contributed by atoms with Crippen LogP contribution in [0.5, 0.6) is 0 Å². The van der Waals surface area contributed by atoms with Crippen LogP contribution >= 0.6 is 7.29 Å². The lowest BCUT2D eigenvalue weighted by atomic mass is 10.1. The summed E-state index contributed by atoms with van der Waals surface area (Å²) < 4.78 is 26.2. The number of esters is 1. The van der Waals surface area contributed by atoms with Crippen molar-refractivity contribution in [1.82, 2.24) is 24.6 Å². The fourth-order valence-electron chi connectivity index (χ4n) is 2.88. The number of hydrogen-bond donors (Lipinski definition) is 2. The quantitative estimate of drug-likeness (QED) is 0.367. The minimum Gasteiger partial charge on any atom is -0.464 e. The highest BCUT2D eigenvalue weighted by molar-refractivity contribution is 7.63. The molecule has 0 spiro atoms. The Morgan fingerprint density at radius 1 is 1.34 bits per heavy atom. The van der Waals surface area contributed by atoms with Gasteiger partial charge in [-0.3, -0.25) is 4.79 Å². The third-order valence-corrected chi connectivity index (χ3v) is 7.05. The Hall–Kier alpha value is -3.05. The van der Waals surface area contributed by atoms with Gasteiger partial charge in [-0.05, 0) is 27.2 Å². The number of fused-ring (bicyclic) bond motifs is 1. The molecule has 13 heteroatoms. The van der Waals surface area contributed by atoms with E-state index in [1.54, 1.807) is 23.6 Å². The third kappa shape index (κ3) is 5.80. The summed E-state index contributed by atoms with van der Waals surface area (Å²) in [5.41, 5.74) is 3.86. The summed E-state index contributed by atoms with van der Waals surface area (Å²) in [5, 5.41) is 21.4. The lowest BCUT2D eigenvalue weighted by Gasteiger charge is -2.31. The van der Waals surface area contributed by atoms with Crippen molar-refractivity contribution in [3.8, 4) is 12.1 Å². The van der Waals surface area contributed by atoms with E-state index in [0.717, 1.165) is 0 Å². The molecule has 2 rings (SSSR count). The lowest BCUT2D eigenvalue weighted by molar-refractivity contribution is -0.149. The Bertz CT molecular complexity index is 1070. The minimum atomic E-state index is -3.80. The molecule has 0 radical (unpaired) electrons. The van der Waals surface area contributed by atoms with Crippen LogP contribution in [0.15, 0.2) is 12.7 Å². The Kier molecular flexibility index (Phi) is 8.28. The summed E-state index contributed by atoms with van der Waals surface area (Å²) in [4.78, 5) is 24.6. The largest absolute Gasteiger partial charge is 0.464 e. The van der Waals surface area contributed by atoms with Gasteiger partial charge in [-0.1, -0.05) is 6.92 Å². The molecule has 3 N–H and O–H groups in total. The van der Waals surface area contributed by atoms with E-state index >= 15 is 0 Å². The number of rotatable bonds is 11. The number of nitrogens with one attached hydrogen (secondary N) is 1. The van der Waals surface area contributed by atoms with Gasteiger partial charge >= 0.3 is 5.97 Å². The first-order valence-corrected chi connectivity index (χ1v) is 11.9. The average molecular weight is 462 g/mol. The Morgan fingerprint density at radius 2 is 2.03 bits per heavy atom. The fraction of sp³-hybridized carbons (Fsp3) is 0.579. The first kappa shape index (κ1) is 25.2. The second-order valence-corrected chi connectivity index (χ2v) is 10.4. The molecule has 0 amide bonds. The molecule has 32 heavy (non-hydrogen) atoms. The molecule has 0 unspecified atom stereocenters. The SMILES string of the molecule is CCCOC(=O)C(C)(C)N[P@](=O)(CO[C@@H](C)Cn1cnc2c(N)ncnc21)C(C#N)C#N. The van der Waals surface area contributed by atoms with Crippen LogP contribution < -0.4 is 10.8 Å². The van der Waals surface area contributed by atoms with Crippen molar-refractivity contribution < 1.29 is 18.8 Å². The highest BCUT2D eigenvalue weighted by Gasteiger charge is 2.43. The Morgan fingerprint density at radius 3 is 2.66 bits per heavy atom. The second-order valence-electron chi connectivity index (χ2n) is 7.76. The van der Waals surface area contributed by atoms with Gasteiger partial charge in [0.05, 0.1) is 37.7 Å². The molecule has 0 fully saturated rings.